The van der Waals surface area contributed by atoms with Crippen LogP contribution < -0.4 is 24.4 Å². The molecule has 0 spiro atoms. The van der Waals surface area contributed by atoms with Crippen LogP contribution >= 0.6 is 0 Å². The van der Waals surface area contributed by atoms with Gasteiger partial charge in [-0.2, -0.15) is 0 Å². The van der Waals surface area contributed by atoms with E-state index in [1.165, 1.54) is 4.31 Å². The van der Waals surface area contributed by atoms with Crippen LogP contribution in [-0.4, -0.2) is 53.3 Å². The topological polar surface area (TPSA) is 114 Å². The van der Waals surface area contributed by atoms with Gasteiger partial charge in [0.1, 0.15) is 0 Å². The number of anilines is 2. The molecule has 2 amide bonds. The third kappa shape index (κ3) is 5.46. The first kappa shape index (κ1) is 22.4. The van der Waals surface area contributed by atoms with Crippen molar-refractivity contribution in [1.82, 2.24) is 5.32 Å². The van der Waals surface area contributed by atoms with E-state index in [1.807, 2.05) is 12.1 Å². The smallest absolute Gasteiger partial charge is 0.313 e. The molecule has 0 saturated carbocycles. The van der Waals surface area contributed by atoms with Gasteiger partial charge in [-0.1, -0.05) is 6.07 Å². The first-order chi connectivity index (χ1) is 14.8. The molecule has 1 aliphatic heterocycles. The van der Waals surface area contributed by atoms with Gasteiger partial charge in [0, 0.05) is 18.8 Å². The quantitative estimate of drug-likeness (QED) is 0.623. The number of carbonyl (C=O) groups is 2. The predicted molar refractivity (Wildman–Crippen MR) is 117 cm³/mol. The van der Waals surface area contributed by atoms with E-state index in [-0.39, 0.29) is 12.3 Å². The maximum absolute atomic E-state index is 12.1. The number of hydrogen-bond donors (Lipinski definition) is 2. The minimum Gasteiger partial charge on any atom is -0.493 e. The van der Waals surface area contributed by atoms with E-state index in [9.17, 15) is 18.0 Å². The van der Waals surface area contributed by atoms with Crippen LogP contribution in [0.5, 0.6) is 11.5 Å². The molecular formula is C21H25N3O6S. The Hall–Kier alpha value is -3.27. The van der Waals surface area contributed by atoms with Gasteiger partial charge in [0.2, 0.25) is 10.0 Å². The summed E-state index contributed by atoms with van der Waals surface area (Å²) >= 11 is 0. The van der Waals surface area contributed by atoms with Crippen molar-refractivity contribution in [3.8, 4) is 11.5 Å². The van der Waals surface area contributed by atoms with Crippen LogP contribution in [0.1, 0.15) is 12.0 Å². The van der Waals surface area contributed by atoms with E-state index >= 15 is 0 Å². The van der Waals surface area contributed by atoms with Crippen LogP contribution in [0.15, 0.2) is 42.5 Å². The Morgan fingerprint density at radius 3 is 2.32 bits per heavy atom. The van der Waals surface area contributed by atoms with E-state index in [4.69, 9.17) is 9.47 Å². The Morgan fingerprint density at radius 1 is 1.00 bits per heavy atom. The average Bonchev–Trinajstić information content (AvgIpc) is 3.12. The summed E-state index contributed by atoms with van der Waals surface area (Å²) in [6, 6.07) is 11.8. The van der Waals surface area contributed by atoms with Gasteiger partial charge in [-0.15, -0.1) is 0 Å². The second kappa shape index (κ2) is 9.69. The van der Waals surface area contributed by atoms with Gasteiger partial charge in [-0.25, -0.2) is 8.42 Å². The number of hydrogen-bond acceptors (Lipinski definition) is 6. The molecule has 0 aliphatic carbocycles. The third-order valence-electron chi connectivity index (χ3n) is 4.87. The van der Waals surface area contributed by atoms with Gasteiger partial charge in [-0.3, -0.25) is 13.9 Å². The Labute approximate surface area is 181 Å². The maximum atomic E-state index is 12.1. The van der Waals surface area contributed by atoms with Gasteiger partial charge in [0.05, 0.1) is 25.7 Å². The van der Waals surface area contributed by atoms with E-state index in [0.29, 0.717) is 42.3 Å². The maximum Gasteiger partial charge on any atom is 0.313 e. The number of amides is 2. The molecule has 2 aromatic carbocycles. The molecule has 31 heavy (non-hydrogen) atoms. The molecular weight excluding hydrogens is 422 g/mol. The summed E-state index contributed by atoms with van der Waals surface area (Å²) in [5, 5.41) is 5.08. The molecule has 10 heteroatoms. The Kier molecular flexibility index (Phi) is 7.01. The van der Waals surface area contributed by atoms with Gasteiger partial charge in [0.15, 0.2) is 11.5 Å². The van der Waals surface area contributed by atoms with E-state index in [0.717, 1.165) is 5.56 Å². The van der Waals surface area contributed by atoms with Crippen molar-refractivity contribution in [2.75, 3.05) is 42.7 Å². The summed E-state index contributed by atoms with van der Waals surface area (Å²) in [5.41, 5.74) is 1.86. The number of benzene rings is 2. The number of sulfonamides is 1. The molecule has 1 saturated heterocycles. The van der Waals surface area contributed by atoms with Crippen LogP contribution in [0.2, 0.25) is 0 Å². The summed E-state index contributed by atoms with van der Waals surface area (Å²) in [7, 11) is -0.164. The molecule has 0 bridgehead atoms. The second-order valence-electron chi connectivity index (χ2n) is 6.94. The van der Waals surface area contributed by atoms with Crippen LogP contribution in [0, 0.1) is 0 Å². The highest BCUT2D eigenvalue weighted by Gasteiger charge is 2.28. The fraction of sp³-hybridized carbons (Fsp3) is 0.333. The molecule has 0 atom stereocenters. The van der Waals surface area contributed by atoms with Crippen molar-refractivity contribution in [2.45, 2.75) is 12.8 Å². The minimum atomic E-state index is -3.26. The highest BCUT2D eigenvalue weighted by Crippen LogP contribution is 2.27. The number of methoxy groups -OCH3 is 2. The van der Waals surface area contributed by atoms with Crippen molar-refractivity contribution in [3.63, 3.8) is 0 Å². The number of nitrogens with zero attached hydrogens (tertiary/aromatic N) is 1. The van der Waals surface area contributed by atoms with Crippen LogP contribution in [-0.2, 0) is 26.0 Å². The lowest BCUT2D eigenvalue weighted by atomic mass is 10.1. The minimum absolute atomic E-state index is 0.134. The van der Waals surface area contributed by atoms with E-state index in [2.05, 4.69) is 10.6 Å². The number of rotatable bonds is 7. The van der Waals surface area contributed by atoms with Crippen molar-refractivity contribution in [3.05, 3.63) is 48.0 Å². The predicted octanol–water partition coefficient (Wildman–Crippen LogP) is 1.54. The normalized spacial score (nSPS) is 14.7. The van der Waals surface area contributed by atoms with Crippen LogP contribution in [0.4, 0.5) is 11.4 Å². The van der Waals surface area contributed by atoms with Gasteiger partial charge in [0.25, 0.3) is 0 Å². The standard InChI is InChI=1S/C21H25N3O6S/c1-29-18-9-4-15(14-19(18)30-2)10-11-22-20(25)21(26)23-16-5-7-17(8-6-16)24-12-3-13-31(24,27)28/h4-9,14H,3,10-13H2,1-2H3,(H,22,25)(H,23,26). The second-order valence-corrected chi connectivity index (χ2v) is 8.95. The lowest BCUT2D eigenvalue weighted by Gasteiger charge is -2.17. The molecule has 0 unspecified atom stereocenters. The largest absolute Gasteiger partial charge is 0.493 e. The summed E-state index contributed by atoms with van der Waals surface area (Å²) in [5.74, 6) is -0.215. The molecule has 3 rings (SSSR count). The highest BCUT2D eigenvalue weighted by atomic mass is 32.2. The average molecular weight is 448 g/mol. The van der Waals surface area contributed by atoms with Crippen molar-refractivity contribution in [2.24, 2.45) is 0 Å². The molecule has 0 radical (unpaired) electrons. The highest BCUT2D eigenvalue weighted by molar-refractivity contribution is 7.93. The summed E-state index contributed by atoms with van der Waals surface area (Å²) < 4.78 is 35.7. The van der Waals surface area contributed by atoms with Crippen LogP contribution in [0.25, 0.3) is 0 Å². The lowest BCUT2D eigenvalue weighted by molar-refractivity contribution is -0.136. The lowest BCUT2D eigenvalue weighted by Crippen LogP contribution is -2.36. The zero-order valence-corrected chi connectivity index (χ0v) is 18.2. The Balaban J connectivity index is 1.50. The van der Waals surface area contributed by atoms with E-state index < -0.39 is 21.8 Å². The number of ether oxygens (including phenoxy) is 2. The summed E-state index contributed by atoms with van der Waals surface area (Å²) in [6.07, 6.45) is 1.10. The number of carbonyl (C=O) groups excluding carboxylic acids is 2. The van der Waals surface area contributed by atoms with Crippen molar-refractivity contribution in [1.29, 1.82) is 0 Å². The Bertz CT molecular complexity index is 1050. The fourth-order valence-electron chi connectivity index (χ4n) is 3.27. The molecule has 2 aromatic rings. The zero-order chi connectivity index (χ0) is 22.4. The Morgan fingerprint density at radius 2 is 1.71 bits per heavy atom. The number of nitrogens with one attached hydrogen (secondary N) is 2. The molecule has 1 heterocycles. The van der Waals surface area contributed by atoms with Crippen molar-refractivity contribution < 1.29 is 27.5 Å². The molecule has 9 nitrogen and oxygen atoms in total. The van der Waals surface area contributed by atoms with E-state index in [1.54, 1.807) is 44.6 Å². The fourth-order valence-corrected chi connectivity index (χ4v) is 4.83. The van der Waals surface area contributed by atoms with Crippen molar-refractivity contribution >= 4 is 33.2 Å². The zero-order valence-electron chi connectivity index (χ0n) is 17.4. The molecule has 1 aliphatic rings. The summed E-state index contributed by atoms with van der Waals surface area (Å²) in [4.78, 5) is 24.2. The SMILES string of the molecule is COc1ccc(CCNC(=O)C(=O)Nc2ccc(N3CCCS3(=O)=O)cc2)cc1OC. The summed E-state index contributed by atoms with van der Waals surface area (Å²) in [6.45, 7) is 0.712. The van der Waals surface area contributed by atoms with Crippen LogP contribution in [0.3, 0.4) is 0 Å². The monoisotopic (exact) mass is 447 g/mol. The molecule has 166 valence electrons. The first-order valence-corrected chi connectivity index (χ1v) is 11.4. The van der Waals surface area contributed by atoms with Gasteiger partial charge in [-0.05, 0) is 54.8 Å². The first-order valence-electron chi connectivity index (χ1n) is 9.74. The van der Waals surface area contributed by atoms with Gasteiger partial charge < -0.3 is 20.1 Å². The third-order valence-corrected chi connectivity index (χ3v) is 6.74. The van der Waals surface area contributed by atoms with Gasteiger partial charge >= 0.3 is 11.8 Å². The molecule has 2 N–H and O–H groups in total. The molecule has 0 aromatic heterocycles. The molecule has 1 fully saturated rings.